The Morgan fingerprint density at radius 2 is 2.03 bits per heavy atom. The Bertz CT molecular complexity index is 1240. The minimum atomic E-state index is 0.184. The van der Waals surface area contributed by atoms with Crippen LogP contribution >= 0.6 is 0 Å². The van der Waals surface area contributed by atoms with Crippen molar-refractivity contribution in [1.82, 2.24) is 24.8 Å². The van der Waals surface area contributed by atoms with Crippen molar-refractivity contribution in [3.8, 4) is 22.9 Å². The zero-order valence-electron chi connectivity index (χ0n) is 17.8. The monoisotopic (exact) mass is 429 g/mol. The molecule has 9 heteroatoms. The number of methoxy groups -OCH3 is 1. The van der Waals surface area contributed by atoms with Gasteiger partial charge in [0, 0.05) is 68.2 Å². The number of hydrogen-bond acceptors (Lipinski definition) is 7. The Morgan fingerprint density at radius 3 is 2.66 bits per heavy atom. The summed E-state index contributed by atoms with van der Waals surface area (Å²) in [6.45, 7) is 5.26. The number of likely N-dealkylation sites (tertiary alicyclic amines) is 1. The van der Waals surface area contributed by atoms with Gasteiger partial charge in [-0.15, -0.1) is 0 Å². The van der Waals surface area contributed by atoms with E-state index >= 15 is 0 Å². The number of pyridine rings is 2. The molecular weight excluding hydrogens is 406 g/mol. The minimum Gasteiger partial charge on any atom is -0.494 e. The van der Waals surface area contributed by atoms with Gasteiger partial charge in [0.15, 0.2) is 0 Å². The first-order chi connectivity index (χ1) is 15.6. The Hall–Kier alpha value is -3.64. The summed E-state index contributed by atoms with van der Waals surface area (Å²) in [6.07, 6.45) is 5.28. The fraction of sp³-hybridized carbons (Fsp3) is 0.391. The lowest BCUT2D eigenvalue weighted by Crippen LogP contribution is -2.74. The summed E-state index contributed by atoms with van der Waals surface area (Å²) >= 11 is 0. The van der Waals surface area contributed by atoms with Crippen LogP contribution in [0.3, 0.4) is 0 Å². The first kappa shape index (κ1) is 19.1. The van der Waals surface area contributed by atoms with Crippen LogP contribution in [0.2, 0.25) is 0 Å². The standard InChI is InChI=1S/C23H23N7O2/c1-32-19-4-16(10-30-21(19)17(5-24)9-27-30)15-2-3-20(26-8-15)28-11-23(12-28)13-29(14-23)22(31)18-6-25-7-18/h2-4,8-10,18,25H,6-7,11-14H2,1H3. The number of carbonyl (C=O) groups excluding carboxylic acids is 1. The molecule has 0 aromatic carbocycles. The first-order valence-corrected chi connectivity index (χ1v) is 10.8. The fourth-order valence-electron chi connectivity index (χ4n) is 4.99. The molecule has 9 nitrogen and oxygen atoms in total. The highest BCUT2D eigenvalue weighted by Crippen LogP contribution is 2.42. The molecule has 3 aromatic rings. The lowest BCUT2D eigenvalue weighted by Gasteiger charge is -2.61. The number of ether oxygens (including phenoxy) is 1. The van der Waals surface area contributed by atoms with E-state index in [1.165, 1.54) is 0 Å². The van der Waals surface area contributed by atoms with Crippen molar-refractivity contribution in [2.45, 2.75) is 0 Å². The Morgan fingerprint density at radius 1 is 1.22 bits per heavy atom. The second kappa shape index (κ2) is 6.93. The molecule has 1 spiro atoms. The van der Waals surface area contributed by atoms with E-state index in [1.54, 1.807) is 17.8 Å². The van der Waals surface area contributed by atoms with E-state index in [1.807, 2.05) is 35.5 Å². The molecule has 0 atom stereocenters. The van der Waals surface area contributed by atoms with Crippen LogP contribution in [0.15, 0.2) is 36.8 Å². The lowest BCUT2D eigenvalue weighted by molar-refractivity contribution is -0.151. The summed E-state index contributed by atoms with van der Waals surface area (Å²) < 4.78 is 7.17. The van der Waals surface area contributed by atoms with Gasteiger partial charge in [0.25, 0.3) is 0 Å². The third kappa shape index (κ3) is 2.83. The van der Waals surface area contributed by atoms with Crippen LogP contribution in [-0.2, 0) is 4.79 Å². The average molecular weight is 429 g/mol. The summed E-state index contributed by atoms with van der Waals surface area (Å²) in [5.74, 6) is 2.05. The maximum Gasteiger partial charge on any atom is 0.228 e. The molecule has 0 saturated carbocycles. The van der Waals surface area contributed by atoms with Crippen molar-refractivity contribution in [3.05, 3.63) is 42.4 Å². The van der Waals surface area contributed by atoms with Gasteiger partial charge in [0.1, 0.15) is 28.7 Å². The van der Waals surface area contributed by atoms with E-state index in [9.17, 15) is 10.1 Å². The molecule has 3 saturated heterocycles. The fourth-order valence-corrected chi connectivity index (χ4v) is 4.99. The Labute approximate surface area is 185 Å². The number of nitrogens with one attached hydrogen (secondary N) is 1. The Balaban J connectivity index is 1.14. The number of carbonyl (C=O) groups is 1. The van der Waals surface area contributed by atoms with E-state index in [0.717, 1.165) is 56.2 Å². The molecule has 0 radical (unpaired) electrons. The van der Waals surface area contributed by atoms with Crippen LogP contribution < -0.4 is 15.0 Å². The van der Waals surface area contributed by atoms with Crippen molar-refractivity contribution in [3.63, 3.8) is 0 Å². The van der Waals surface area contributed by atoms with Crippen molar-refractivity contribution in [2.75, 3.05) is 51.3 Å². The summed E-state index contributed by atoms with van der Waals surface area (Å²) in [4.78, 5) is 21.3. The van der Waals surface area contributed by atoms with Crippen molar-refractivity contribution in [2.24, 2.45) is 11.3 Å². The van der Waals surface area contributed by atoms with Gasteiger partial charge >= 0.3 is 0 Å². The van der Waals surface area contributed by atoms with Crippen LogP contribution in [0.1, 0.15) is 5.56 Å². The van der Waals surface area contributed by atoms with E-state index in [2.05, 4.69) is 26.4 Å². The van der Waals surface area contributed by atoms with Crippen molar-refractivity contribution in [1.29, 1.82) is 5.26 Å². The van der Waals surface area contributed by atoms with Crippen LogP contribution in [0.4, 0.5) is 5.82 Å². The molecule has 1 N–H and O–H groups in total. The van der Waals surface area contributed by atoms with Gasteiger partial charge < -0.3 is 19.9 Å². The molecule has 32 heavy (non-hydrogen) atoms. The van der Waals surface area contributed by atoms with Gasteiger partial charge in [-0.25, -0.2) is 9.50 Å². The van der Waals surface area contributed by atoms with Gasteiger partial charge in [0.2, 0.25) is 5.91 Å². The molecule has 6 rings (SSSR count). The molecule has 3 aromatic heterocycles. The highest BCUT2D eigenvalue weighted by molar-refractivity contribution is 5.81. The minimum absolute atomic E-state index is 0.184. The predicted octanol–water partition coefficient (Wildman–Crippen LogP) is 1.14. The molecule has 3 aliphatic rings. The molecular formula is C23H23N7O2. The number of hydrogen-bond donors (Lipinski definition) is 1. The van der Waals surface area contributed by atoms with Crippen LogP contribution in [0.5, 0.6) is 5.75 Å². The van der Waals surface area contributed by atoms with E-state index < -0.39 is 0 Å². The molecule has 3 fully saturated rings. The number of nitriles is 1. The average Bonchev–Trinajstić information content (AvgIpc) is 3.13. The number of nitrogens with zero attached hydrogens (tertiary/aromatic N) is 6. The second-order valence-corrected chi connectivity index (χ2v) is 9.07. The predicted molar refractivity (Wildman–Crippen MR) is 117 cm³/mol. The highest BCUT2D eigenvalue weighted by Gasteiger charge is 2.54. The van der Waals surface area contributed by atoms with Gasteiger partial charge in [-0.05, 0) is 18.2 Å². The zero-order chi connectivity index (χ0) is 21.9. The van der Waals surface area contributed by atoms with Crippen LogP contribution in [0, 0.1) is 22.7 Å². The summed E-state index contributed by atoms with van der Waals surface area (Å²) in [7, 11) is 1.59. The molecule has 0 bridgehead atoms. The molecule has 0 unspecified atom stereocenters. The van der Waals surface area contributed by atoms with Crippen LogP contribution in [0.25, 0.3) is 16.6 Å². The van der Waals surface area contributed by atoms with E-state index in [0.29, 0.717) is 22.7 Å². The third-order valence-corrected chi connectivity index (χ3v) is 6.87. The smallest absolute Gasteiger partial charge is 0.228 e. The first-order valence-electron chi connectivity index (χ1n) is 10.8. The topological polar surface area (TPSA) is 98.8 Å². The van der Waals surface area contributed by atoms with Crippen LogP contribution in [-0.4, -0.2) is 71.8 Å². The number of amides is 1. The van der Waals surface area contributed by atoms with Gasteiger partial charge in [0.05, 0.1) is 19.2 Å². The zero-order valence-corrected chi connectivity index (χ0v) is 17.8. The van der Waals surface area contributed by atoms with E-state index in [-0.39, 0.29) is 11.3 Å². The largest absolute Gasteiger partial charge is 0.494 e. The quantitative estimate of drug-likeness (QED) is 0.664. The normalized spacial score (nSPS) is 19.2. The molecule has 0 aliphatic carbocycles. The molecule has 3 aliphatic heterocycles. The molecule has 6 heterocycles. The number of aromatic nitrogens is 3. The van der Waals surface area contributed by atoms with Gasteiger partial charge in [-0.3, -0.25) is 4.79 Å². The number of fused-ring (bicyclic) bond motifs is 1. The maximum atomic E-state index is 12.3. The summed E-state index contributed by atoms with van der Waals surface area (Å²) in [5, 5.41) is 16.7. The van der Waals surface area contributed by atoms with E-state index in [4.69, 9.17) is 4.74 Å². The number of anilines is 1. The lowest BCUT2D eigenvalue weighted by atomic mass is 9.72. The highest BCUT2D eigenvalue weighted by atomic mass is 16.5. The van der Waals surface area contributed by atoms with Crippen molar-refractivity contribution < 1.29 is 9.53 Å². The van der Waals surface area contributed by atoms with Gasteiger partial charge in [-0.1, -0.05) is 0 Å². The van der Waals surface area contributed by atoms with Gasteiger partial charge in [-0.2, -0.15) is 10.4 Å². The maximum absolute atomic E-state index is 12.3. The summed E-state index contributed by atoms with van der Waals surface area (Å²) in [6, 6.07) is 8.13. The third-order valence-electron chi connectivity index (χ3n) is 6.87. The second-order valence-electron chi connectivity index (χ2n) is 9.07. The molecule has 162 valence electrons. The Kier molecular flexibility index (Phi) is 4.13. The SMILES string of the molecule is COc1cc(-c2ccc(N3CC4(CN(C(=O)C5CNC5)C4)C3)nc2)cn2ncc(C#N)c12. The molecule has 1 amide bonds. The number of rotatable bonds is 4. The van der Waals surface area contributed by atoms with Crippen molar-refractivity contribution >= 4 is 17.2 Å². The summed E-state index contributed by atoms with van der Waals surface area (Å²) in [5.41, 5.74) is 3.25.